The zero-order chi connectivity index (χ0) is 18.8. The van der Waals surface area contributed by atoms with E-state index < -0.39 is 5.41 Å². The van der Waals surface area contributed by atoms with Crippen LogP contribution in [-0.2, 0) is 5.41 Å². The van der Waals surface area contributed by atoms with Crippen molar-refractivity contribution in [2.45, 2.75) is 45.1 Å². The van der Waals surface area contributed by atoms with E-state index in [-0.39, 0.29) is 5.54 Å². The number of benzene rings is 1. The summed E-state index contributed by atoms with van der Waals surface area (Å²) in [4.78, 5) is 10.7. The maximum absolute atomic E-state index is 6.13. The number of aromatic nitrogens is 1. The summed E-state index contributed by atoms with van der Waals surface area (Å²) in [6.07, 6.45) is 2.95. The average Bonchev–Trinajstić information content (AvgIpc) is 2.64. The topological polar surface area (TPSA) is 19.4 Å². The number of nitrogens with zero attached hydrogens (tertiary/aromatic N) is 3. The summed E-state index contributed by atoms with van der Waals surface area (Å²) in [6.45, 7) is 11.7. The van der Waals surface area contributed by atoms with Crippen LogP contribution in [0.3, 0.4) is 0 Å². The Labute approximate surface area is 163 Å². The summed E-state index contributed by atoms with van der Waals surface area (Å²) in [5, 5.41) is 0. The predicted molar refractivity (Wildman–Crippen MR) is 112 cm³/mol. The lowest BCUT2D eigenvalue weighted by Crippen LogP contribution is -2.65. The van der Waals surface area contributed by atoms with Crippen molar-refractivity contribution in [3.63, 3.8) is 0 Å². The van der Waals surface area contributed by atoms with Gasteiger partial charge in [0.25, 0.3) is 0 Å². The van der Waals surface area contributed by atoms with E-state index in [0.717, 1.165) is 36.9 Å². The first kappa shape index (κ1) is 19.0. The number of hydrogen-bond acceptors (Lipinski definition) is 3. The number of pyridine rings is 1. The van der Waals surface area contributed by atoms with Gasteiger partial charge in [-0.25, -0.2) is 0 Å². The molecule has 0 spiro atoms. The van der Waals surface area contributed by atoms with Crippen molar-refractivity contribution < 1.29 is 0 Å². The molecule has 1 aliphatic rings. The van der Waals surface area contributed by atoms with E-state index in [1.807, 2.05) is 12.3 Å². The Morgan fingerprint density at radius 3 is 2.35 bits per heavy atom. The zero-order valence-corrected chi connectivity index (χ0v) is 17.1. The van der Waals surface area contributed by atoms with Gasteiger partial charge in [0.1, 0.15) is 5.41 Å². The Kier molecular flexibility index (Phi) is 5.44. The van der Waals surface area contributed by atoms with E-state index in [4.69, 9.17) is 17.2 Å². The standard InChI is InChI=1S/C22H29N3S/c1-5-15-24-17-25(21(2,3)4)16-22(20(24)26,18-11-7-6-8-12-18)19-13-9-10-14-23-19/h6-14H,5,15-17H2,1-4H3. The van der Waals surface area contributed by atoms with Gasteiger partial charge in [0.2, 0.25) is 0 Å². The first-order valence-corrected chi connectivity index (χ1v) is 9.82. The van der Waals surface area contributed by atoms with E-state index in [1.165, 1.54) is 5.56 Å². The number of hydrogen-bond donors (Lipinski definition) is 0. The molecule has 0 N–H and O–H groups in total. The molecule has 2 heterocycles. The second-order valence-electron chi connectivity index (χ2n) is 8.07. The molecule has 0 bridgehead atoms. The van der Waals surface area contributed by atoms with Crippen LogP contribution in [0.5, 0.6) is 0 Å². The fourth-order valence-corrected chi connectivity index (χ4v) is 4.16. The fourth-order valence-electron chi connectivity index (χ4n) is 3.73. The first-order chi connectivity index (χ1) is 12.4. The van der Waals surface area contributed by atoms with Gasteiger partial charge in [-0.1, -0.05) is 55.5 Å². The lowest BCUT2D eigenvalue weighted by atomic mass is 9.74. The molecule has 2 aromatic rings. The van der Waals surface area contributed by atoms with Crippen molar-refractivity contribution >= 4 is 17.2 Å². The Bertz CT molecular complexity index is 697. The quantitative estimate of drug-likeness (QED) is 0.742. The smallest absolute Gasteiger partial charge is 0.101 e. The lowest BCUT2D eigenvalue weighted by Gasteiger charge is -2.53. The van der Waals surface area contributed by atoms with Crippen LogP contribution in [0.4, 0.5) is 0 Å². The molecule has 1 aliphatic heterocycles. The third-order valence-electron chi connectivity index (χ3n) is 5.23. The zero-order valence-electron chi connectivity index (χ0n) is 16.3. The third-order valence-corrected chi connectivity index (χ3v) is 5.84. The molecule has 1 fully saturated rings. The summed E-state index contributed by atoms with van der Waals surface area (Å²) < 4.78 is 0. The minimum atomic E-state index is -0.404. The highest BCUT2D eigenvalue weighted by molar-refractivity contribution is 7.80. The highest BCUT2D eigenvalue weighted by Crippen LogP contribution is 2.40. The van der Waals surface area contributed by atoms with Crippen LogP contribution in [0.2, 0.25) is 0 Å². The molecule has 3 nitrogen and oxygen atoms in total. The minimum absolute atomic E-state index is 0.0524. The van der Waals surface area contributed by atoms with E-state index in [0.29, 0.717) is 0 Å². The van der Waals surface area contributed by atoms with Crippen LogP contribution >= 0.6 is 12.2 Å². The van der Waals surface area contributed by atoms with Crippen LogP contribution in [0.1, 0.15) is 45.4 Å². The Balaban J connectivity index is 2.21. The van der Waals surface area contributed by atoms with Crippen molar-refractivity contribution in [2.75, 3.05) is 19.8 Å². The van der Waals surface area contributed by atoms with Crippen LogP contribution in [0.15, 0.2) is 54.7 Å². The average molecular weight is 368 g/mol. The third kappa shape index (κ3) is 3.40. The molecule has 1 unspecified atom stereocenters. The summed E-state index contributed by atoms with van der Waals surface area (Å²) in [7, 11) is 0. The summed E-state index contributed by atoms with van der Waals surface area (Å²) in [5.41, 5.74) is 1.90. The van der Waals surface area contributed by atoms with Gasteiger partial charge >= 0.3 is 0 Å². The molecule has 0 radical (unpaired) electrons. The summed E-state index contributed by atoms with van der Waals surface area (Å²) >= 11 is 6.13. The van der Waals surface area contributed by atoms with Crippen LogP contribution in [0, 0.1) is 0 Å². The van der Waals surface area contributed by atoms with Gasteiger partial charge in [0.05, 0.1) is 17.4 Å². The number of thiocarbonyl (C=S) groups is 1. The van der Waals surface area contributed by atoms with Crippen molar-refractivity contribution in [3.05, 3.63) is 66.0 Å². The molecule has 1 aromatic carbocycles. The van der Waals surface area contributed by atoms with Crippen molar-refractivity contribution in [3.8, 4) is 0 Å². The van der Waals surface area contributed by atoms with Gasteiger partial charge in [0.15, 0.2) is 0 Å². The Hall–Kier alpha value is -1.78. The van der Waals surface area contributed by atoms with Gasteiger partial charge in [-0.2, -0.15) is 0 Å². The molecule has 1 aromatic heterocycles. The van der Waals surface area contributed by atoms with Gasteiger partial charge < -0.3 is 4.90 Å². The SMILES string of the molecule is CCCN1CN(C(C)(C)C)CC(c2ccccc2)(c2ccccn2)C1=S. The molecule has 0 amide bonds. The normalized spacial score (nSPS) is 21.8. The van der Waals surface area contributed by atoms with Crippen LogP contribution < -0.4 is 0 Å². The molecule has 138 valence electrons. The Morgan fingerprint density at radius 2 is 1.77 bits per heavy atom. The largest absolute Gasteiger partial charge is 0.352 e. The maximum atomic E-state index is 6.13. The van der Waals surface area contributed by atoms with Crippen molar-refractivity contribution in [2.24, 2.45) is 0 Å². The second kappa shape index (κ2) is 7.45. The van der Waals surface area contributed by atoms with Crippen LogP contribution in [0.25, 0.3) is 0 Å². The van der Waals surface area contributed by atoms with E-state index >= 15 is 0 Å². The highest BCUT2D eigenvalue weighted by atomic mass is 32.1. The minimum Gasteiger partial charge on any atom is -0.352 e. The molecular weight excluding hydrogens is 338 g/mol. The fraction of sp³-hybridized carbons (Fsp3) is 0.455. The molecule has 0 saturated carbocycles. The molecule has 0 aliphatic carbocycles. The van der Waals surface area contributed by atoms with Crippen molar-refractivity contribution in [1.82, 2.24) is 14.8 Å². The van der Waals surface area contributed by atoms with Crippen LogP contribution in [-0.4, -0.2) is 45.1 Å². The first-order valence-electron chi connectivity index (χ1n) is 9.41. The molecular formula is C22H29N3S. The highest BCUT2D eigenvalue weighted by Gasteiger charge is 2.49. The Morgan fingerprint density at radius 1 is 1.08 bits per heavy atom. The monoisotopic (exact) mass is 367 g/mol. The predicted octanol–water partition coefficient (Wildman–Crippen LogP) is 4.48. The van der Waals surface area contributed by atoms with E-state index in [1.54, 1.807) is 0 Å². The van der Waals surface area contributed by atoms with Crippen molar-refractivity contribution in [1.29, 1.82) is 0 Å². The second-order valence-corrected chi connectivity index (χ2v) is 8.45. The molecule has 26 heavy (non-hydrogen) atoms. The van der Waals surface area contributed by atoms with Gasteiger partial charge in [-0.3, -0.25) is 9.88 Å². The molecule has 3 rings (SSSR count). The van der Waals surface area contributed by atoms with Gasteiger partial charge in [-0.15, -0.1) is 0 Å². The van der Waals surface area contributed by atoms with E-state index in [9.17, 15) is 0 Å². The van der Waals surface area contributed by atoms with E-state index in [2.05, 4.69) is 80.0 Å². The molecule has 1 saturated heterocycles. The number of rotatable bonds is 4. The lowest BCUT2D eigenvalue weighted by molar-refractivity contribution is 0.0526. The molecule has 1 atom stereocenters. The molecule has 4 heteroatoms. The summed E-state index contributed by atoms with van der Waals surface area (Å²) in [6, 6.07) is 16.8. The van der Waals surface area contributed by atoms with Gasteiger partial charge in [0, 0.05) is 24.8 Å². The summed E-state index contributed by atoms with van der Waals surface area (Å²) in [5.74, 6) is 0. The maximum Gasteiger partial charge on any atom is 0.101 e. The van der Waals surface area contributed by atoms with Gasteiger partial charge in [-0.05, 0) is 44.9 Å².